The zero-order chi connectivity index (χ0) is 12.0. The van der Waals surface area contributed by atoms with Crippen LogP contribution in [-0.4, -0.2) is 31.1 Å². The second-order valence-corrected chi connectivity index (χ2v) is 3.63. The Morgan fingerprint density at radius 2 is 2.38 bits per heavy atom. The summed E-state index contributed by atoms with van der Waals surface area (Å²) in [6.07, 6.45) is 4.16. The molecule has 4 heteroatoms. The van der Waals surface area contributed by atoms with E-state index in [9.17, 15) is 4.79 Å². The maximum atomic E-state index is 11.0. The van der Waals surface area contributed by atoms with E-state index in [0.29, 0.717) is 19.6 Å². The van der Waals surface area contributed by atoms with Crippen LogP contribution in [0.4, 0.5) is 0 Å². The summed E-state index contributed by atoms with van der Waals surface area (Å²) in [5.41, 5.74) is 0. The maximum Gasteiger partial charge on any atom is 0.303 e. The molecule has 2 atom stereocenters. The number of hydrogen-bond acceptors (Lipinski definition) is 4. The summed E-state index contributed by atoms with van der Waals surface area (Å²) in [4.78, 5) is 11.0. The van der Waals surface area contributed by atoms with E-state index < -0.39 is 11.9 Å². The Morgan fingerprint density at radius 3 is 2.81 bits per heavy atom. The van der Waals surface area contributed by atoms with Crippen molar-refractivity contribution in [1.82, 2.24) is 0 Å². The molecule has 1 fully saturated rings. The van der Waals surface area contributed by atoms with Gasteiger partial charge in [0.05, 0.1) is 13.2 Å². The number of esters is 1. The van der Waals surface area contributed by atoms with E-state index >= 15 is 0 Å². The molecule has 0 aromatic carbocycles. The van der Waals surface area contributed by atoms with Gasteiger partial charge in [0, 0.05) is 13.3 Å². The summed E-state index contributed by atoms with van der Waals surface area (Å²) in [6, 6.07) is 0. The van der Waals surface area contributed by atoms with Crippen LogP contribution in [0.25, 0.3) is 0 Å². The summed E-state index contributed by atoms with van der Waals surface area (Å²) < 4.78 is 16.3. The van der Waals surface area contributed by atoms with Crippen LogP contribution in [0.5, 0.6) is 0 Å². The van der Waals surface area contributed by atoms with Gasteiger partial charge in [0.2, 0.25) is 5.79 Å². The van der Waals surface area contributed by atoms with Gasteiger partial charge in [-0.3, -0.25) is 4.79 Å². The van der Waals surface area contributed by atoms with Crippen molar-refractivity contribution in [2.75, 3.05) is 13.2 Å². The van der Waals surface area contributed by atoms with Crippen molar-refractivity contribution in [3.8, 4) is 0 Å². The zero-order valence-electron chi connectivity index (χ0n) is 9.61. The molecule has 16 heavy (non-hydrogen) atoms. The molecule has 1 aliphatic heterocycles. The minimum absolute atomic E-state index is 0.353. The highest BCUT2D eigenvalue weighted by Gasteiger charge is 2.44. The highest BCUT2D eigenvalue weighted by atomic mass is 16.7. The van der Waals surface area contributed by atoms with Crippen LogP contribution in [0.2, 0.25) is 0 Å². The van der Waals surface area contributed by atoms with Gasteiger partial charge in [-0.1, -0.05) is 12.7 Å². The van der Waals surface area contributed by atoms with Gasteiger partial charge < -0.3 is 14.2 Å². The standard InChI is InChI=1S/C12H18O4/c1-4-8-14-12(7-6-9-15-12)11(5-2)16-10(3)13/h4-5,11H,1-2,6-9H2,3H3/t11?,12-/m1/s1. The minimum Gasteiger partial charge on any atom is -0.453 e. The van der Waals surface area contributed by atoms with Crippen molar-refractivity contribution in [3.63, 3.8) is 0 Å². The van der Waals surface area contributed by atoms with Gasteiger partial charge in [-0.05, 0) is 12.5 Å². The smallest absolute Gasteiger partial charge is 0.303 e. The van der Waals surface area contributed by atoms with Crippen molar-refractivity contribution in [3.05, 3.63) is 25.3 Å². The molecule has 1 unspecified atom stereocenters. The second kappa shape index (κ2) is 5.82. The Labute approximate surface area is 95.9 Å². The Balaban J connectivity index is 2.75. The van der Waals surface area contributed by atoms with Crippen LogP contribution in [0, 0.1) is 0 Å². The lowest BCUT2D eigenvalue weighted by atomic mass is 10.1. The van der Waals surface area contributed by atoms with Crippen LogP contribution in [0.1, 0.15) is 19.8 Å². The van der Waals surface area contributed by atoms with Gasteiger partial charge in [-0.2, -0.15) is 0 Å². The third-order valence-corrected chi connectivity index (χ3v) is 2.40. The molecule has 90 valence electrons. The minimum atomic E-state index is -0.887. The van der Waals surface area contributed by atoms with Gasteiger partial charge in [0.15, 0.2) is 6.10 Å². The molecule has 0 saturated carbocycles. The highest BCUT2D eigenvalue weighted by Crippen LogP contribution is 2.33. The molecule has 4 nitrogen and oxygen atoms in total. The van der Waals surface area contributed by atoms with Crippen molar-refractivity contribution < 1.29 is 19.0 Å². The first kappa shape index (κ1) is 12.9. The largest absolute Gasteiger partial charge is 0.453 e. The predicted octanol–water partition coefficient (Wildman–Crippen LogP) is 1.81. The quantitative estimate of drug-likeness (QED) is 0.512. The number of ether oxygens (including phenoxy) is 3. The molecule has 0 aliphatic carbocycles. The molecular formula is C12H18O4. The summed E-state index contributed by atoms with van der Waals surface area (Å²) in [5, 5.41) is 0. The van der Waals surface area contributed by atoms with Crippen LogP contribution < -0.4 is 0 Å². The molecule has 0 aromatic heterocycles. The van der Waals surface area contributed by atoms with E-state index in [1.165, 1.54) is 13.0 Å². The molecular weight excluding hydrogens is 208 g/mol. The third kappa shape index (κ3) is 2.93. The molecule has 0 bridgehead atoms. The van der Waals surface area contributed by atoms with Crippen LogP contribution in [-0.2, 0) is 19.0 Å². The first-order valence-electron chi connectivity index (χ1n) is 5.33. The van der Waals surface area contributed by atoms with Gasteiger partial charge in [-0.15, -0.1) is 6.58 Å². The van der Waals surface area contributed by atoms with Gasteiger partial charge >= 0.3 is 5.97 Å². The SMILES string of the molecule is C=CCO[C@]1(C(C=C)OC(C)=O)CCCO1. The Hall–Kier alpha value is -1.13. The molecule has 0 spiro atoms. The van der Waals surface area contributed by atoms with Crippen molar-refractivity contribution in [2.24, 2.45) is 0 Å². The summed E-state index contributed by atoms with van der Waals surface area (Å²) >= 11 is 0. The van der Waals surface area contributed by atoms with Crippen molar-refractivity contribution >= 4 is 5.97 Å². The molecule has 1 aliphatic rings. The van der Waals surface area contributed by atoms with Gasteiger partial charge in [0.25, 0.3) is 0 Å². The molecule has 0 aromatic rings. The van der Waals surface area contributed by atoms with E-state index in [-0.39, 0.29) is 5.97 Å². The normalized spacial score (nSPS) is 26.1. The number of rotatable bonds is 6. The summed E-state index contributed by atoms with van der Waals surface area (Å²) in [5.74, 6) is -1.26. The number of carbonyl (C=O) groups is 1. The lowest BCUT2D eigenvalue weighted by Crippen LogP contribution is -2.45. The van der Waals surface area contributed by atoms with E-state index in [4.69, 9.17) is 14.2 Å². The summed E-state index contributed by atoms with van der Waals surface area (Å²) in [6.45, 7) is 9.54. The van der Waals surface area contributed by atoms with Gasteiger partial charge in [0.1, 0.15) is 0 Å². The third-order valence-electron chi connectivity index (χ3n) is 2.40. The average molecular weight is 226 g/mol. The molecule has 1 saturated heterocycles. The monoisotopic (exact) mass is 226 g/mol. The van der Waals surface area contributed by atoms with Crippen molar-refractivity contribution in [2.45, 2.75) is 31.7 Å². The average Bonchev–Trinajstić information content (AvgIpc) is 2.72. The first-order valence-corrected chi connectivity index (χ1v) is 5.33. The Morgan fingerprint density at radius 1 is 1.62 bits per heavy atom. The molecule has 0 N–H and O–H groups in total. The molecule has 0 radical (unpaired) electrons. The fraction of sp³-hybridized carbons (Fsp3) is 0.583. The summed E-state index contributed by atoms with van der Waals surface area (Å²) in [7, 11) is 0. The number of carbonyl (C=O) groups excluding carboxylic acids is 1. The van der Waals surface area contributed by atoms with E-state index in [1.54, 1.807) is 6.08 Å². The lowest BCUT2D eigenvalue weighted by Gasteiger charge is -2.33. The Kier molecular flexibility index (Phi) is 4.71. The van der Waals surface area contributed by atoms with E-state index in [0.717, 1.165) is 6.42 Å². The topological polar surface area (TPSA) is 44.8 Å². The molecule has 1 rings (SSSR count). The molecule has 0 amide bonds. The maximum absolute atomic E-state index is 11.0. The Bertz CT molecular complexity index is 266. The predicted molar refractivity (Wildman–Crippen MR) is 59.8 cm³/mol. The van der Waals surface area contributed by atoms with E-state index in [2.05, 4.69) is 13.2 Å². The number of hydrogen-bond donors (Lipinski definition) is 0. The van der Waals surface area contributed by atoms with Crippen molar-refractivity contribution in [1.29, 1.82) is 0 Å². The molecule has 1 heterocycles. The highest BCUT2D eigenvalue weighted by molar-refractivity contribution is 5.66. The lowest BCUT2D eigenvalue weighted by molar-refractivity contribution is -0.250. The zero-order valence-corrected chi connectivity index (χ0v) is 9.61. The van der Waals surface area contributed by atoms with E-state index in [1.807, 2.05) is 0 Å². The van der Waals surface area contributed by atoms with Gasteiger partial charge in [-0.25, -0.2) is 0 Å². The van der Waals surface area contributed by atoms with Crippen LogP contribution >= 0.6 is 0 Å². The first-order chi connectivity index (χ1) is 7.64. The second-order valence-electron chi connectivity index (χ2n) is 3.63. The fourth-order valence-corrected chi connectivity index (χ4v) is 1.75. The van der Waals surface area contributed by atoms with Crippen LogP contribution in [0.3, 0.4) is 0 Å². The van der Waals surface area contributed by atoms with Crippen LogP contribution in [0.15, 0.2) is 25.3 Å². The fourth-order valence-electron chi connectivity index (χ4n) is 1.75.